The molecular weight excluding hydrogens is 376 g/mol. The minimum absolute atomic E-state index is 0.409. The lowest BCUT2D eigenvalue weighted by Gasteiger charge is -2.60. The molecule has 1 unspecified atom stereocenters. The Hall–Kier alpha value is -0.560. The van der Waals surface area contributed by atoms with E-state index in [2.05, 4.69) is 40.7 Å². The van der Waals surface area contributed by atoms with Crippen molar-refractivity contribution in [1.29, 1.82) is 0 Å². The van der Waals surface area contributed by atoms with Gasteiger partial charge in [-0.2, -0.15) is 0 Å². The highest BCUT2D eigenvalue weighted by atomic mass is 16.3. The van der Waals surface area contributed by atoms with Gasteiger partial charge in [0.25, 0.3) is 0 Å². The van der Waals surface area contributed by atoms with Crippen molar-refractivity contribution in [2.75, 3.05) is 0 Å². The minimum atomic E-state index is -0.535. The van der Waals surface area contributed by atoms with Crippen molar-refractivity contribution in [2.24, 2.45) is 45.8 Å². The lowest BCUT2D eigenvalue weighted by Crippen LogP contribution is -2.51. The maximum Gasteiger partial charge on any atom is 0.0591 e. The largest absolute Gasteiger partial charge is 0.390 e. The smallest absolute Gasteiger partial charge is 0.0591 e. The van der Waals surface area contributed by atoms with E-state index in [1.54, 1.807) is 5.57 Å². The van der Waals surface area contributed by atoms with Crippen LogP contribution < -0.4 is 0 Å². The fraction of sp³-hybridized carbons (Fsp3) is 0.867. The van der Waals surface area contributed by atoms with Crippen molar-refractivity contribution >= 4 is 0 Å². The van der Waals surface area contributed by atoms with Gasteiger partial charge in [-0.05, 0) is 117 Å². The Labute approximate surface area is 193 Å². The Morgan fingerprint density at radius 1 is 1.10 bits per heavy atom. The van der Waals surface area contributed by atoms with E-state index in [1.807, 2.05) is 13.8 Å². The fourth-order valence-electron chi connectivity index (χ4n) is 8.86. The van der Waals surface area contributed by atoms with E-state index in [-0.39, 0.29) is 0 Å². The summed E-state index contributed by atoms with van der Waals surface area (Å²) in [7, 11) is 0. The molecule has 0 radical (unpaired) electrons. The van der Waals surface area contributed by atoms with Gasteiger partial charge in [0.15, 0.2) is 0 Å². The Morgan fingerprint density at radius 2 is 1.81 bits per heavy atom. The SMILES string of the molecule is C=C1C=C2C[C@](C)(CC)CC[C@]2(C)[C@H]2CCC3(C)[C@@H]([C@H](C)CCC(C)(C)O)CC[C@H]3[C@H]12. The highest BCUT2D eigenvalue weighted by Gasteiger charge is 2.60. The summed E-state index contributed by atoms with van der Waals surface area (Å²) in [6.45, 7) is 21.3. The van der Waals surface area contributed by atoms with Crippen LogP contribution >= 0.6 is 0 Å². The van der Waals surface area contributed by atoms with Crippen molar-refractivity contribution in [1.82, 2.24) is 0 Å². The van der Waals surface area contributed by atoms with Gasteiger partial charge in [-0.3, -0.25) is 0 Å². The van der Waals surface area contributed by atoms with E-state index in [9.17, 15) is 5.11 Å². The minimum Gasteiger partial charge on any atom is -0.390 e. The lowest BCUT2D eigenvalue weighted by molar-refractivity contribution is -0.0432. The quantitative estimate of drug-likeness (QED) is 0.468. The van der Waals surface area contributed by atoms with Gasteiger partial charge in [-0.1, -0.05) is 64.8 Å². The van der Waals surface area contributed by atoms with Crippen LogP contribution in [0.5, 0.6) is 0 Å². The fourth-order valence-corrected chi connectivity index (χ4v) is 8.86. The average Bonchev–Trinajstić information content (AvgIpc) is 3.04. The molecule has 4 aliphatic carbocycles. The first-order chi connectivity index (χ1) is 14.3. The molecule has 3 saturated carbocycles. The Morgan fingerprint density at radius 3 is 2.45 bits per heavy atom. The van der Waals surface area contributed by atoms with Gasteiger partial charge < -0.3 is 5.11 Å². The zero-order valence-electron chi connectivity index (χ0n) is 21.7. The van der Waals surface area contributed by atoms with Crippen LogP contribution in [0.1, 0.15) is 113 Å². The number of allylic oxidation sites excluding steroid dienone is 3. The predicted octanol–water partition coefficient (Wildman–Crippen LogP) is 8.34. The number of rotatable bonds is 5. The Balaban J connectivity index is 1.58. The van der Waals surface area contributed by atoms with Gasteiger partial charge in [-0.15, -0.1) is 0 Å². The zero-order chi connectivity index (χ0) is 22.8. The van der Waals surface area contributed by atoms with Crippen molar-refractivity contribution in [2.45, 2.75) is 118 Å². The van der Waals surface area contributed by atoms with Crippen molar-refractivity contribution in [3.05, 3.63) is 23.8 Å². The van der Waals surface area contributed by atoms with Crippen LogP contribution in [-0.2, 0) is 0 Å². The normalized spacial score (nSPS) is 46.1. The zero-order valence-corrected chi connectivity index (χ0v) is 21.7. The maximum atomic E-state index is 10.3. The first-order valence-electron chi connectivity index (χ1n) is 13.5. The monoisotopic (exact) mass is 426 g/mol. The van der Waals surface area contributed by atoms with E-state index in [1.165, 1.54) is 56.9 Å². The van der Waals surface area contributed by atoms with E-state index in [4.69, 9.17) is 6.58 Å². The summed E-state index contributed by atoms with van der Waals surface area (Å²) in [5.74, 6) is 3.83. The molecule has 1 heteroatoms. The molecule has 0 aromatic rings. The molecule has 0 aliphatic heterocycles. The third-order valence-corrected chi connectivity index (χ3v) is 11.3. The summed E-state index contributed by atoms with van der Waals surface area (Å²) in [5, 5.41) is 10.3. The number of fused-ring (bicyclic) bond motifs is 5. The number of hydrogen-bond acceptors (Lipinski definition) is 1. The van der Waals surface area contributed by atoms with Crippen LogP contribution in [0, 0.1) is 45.8 Å². The first kappa shape index (κ1) is 23.6. The molecule has 0 aromatic heterocycles. The highest BCUT2D eigenvalue weighted by molar-refractivity contribution is 5.38. The van der Waals surface area contributed by atoms with Gasteiger partial charge in [0.05, 0.1) is 5.60 Å². The molecule has 0 amide bonds. The first-order valence-corrected chi connectivity index (χ1v) is 13.5. The van der Waals surface area contributed by atoms with Gasteiger partial charge in [0.1, 0.15) is 0 Å². The number of aliphatic hydroxyl groups is 1. The second kappa shape index (κ2) is 7.75. The third-order valence-electron chi connectivity index (χ3n) is 11.3. The molecular formula is C30H50O. The molecule has 4 aliphatic rings. The lowest BCUT2D eigenvalue weighted by atomic mass is 9.44. The molecule has 8 atom stereocenters. The molecule has 1 N–H and O–H groups in total. The predicted molar refractivity (Wildman–Crippen MR) is 133 cm³/mol. The van der Waals surface area contributed by atoms with Crippen LogP contribution in [0.4, 0.5) is 0 Å². The van der Waals surface area contributed by atoms with Crippen LogP contribution in [0.2, 0.25) is 0 Å². The van der Waals surface area contributed by atoms with Crippen LogP contribution in [-0.4, -0.2) is 10.7 Å². The van der Waals surface area contributed by atoms with Gasteiger partial charge in [-0.25, -0.2) is 0 Å². The Kier molecular flexibility index (Phi) is 5.90. The molecule has 3 fully saturated rings. The molecule has 0 spiro atoms. The molecule has 176 valence electrons. The van der Waals surface area contributed by atoms with Gasteiger partial charge >= 0.3 is 0 Å². The van der Waals surface area contributed by atoms with Gasteiger partial charge in [0.2, 0.25) is 0 Å². The van der Waals surface area contributed by atoms with Crippen LogP contribution in [0.15, 0.2) is 23.8 Å². The van der Waals surface area contributed by atoms with Crippen LogP contribution in [0.25, 0.3) is 0 Å². The highest BCUT2D eigenvalue weighted by Crippen LogP contribution is 2.69. The van der Waals surface area contributed by atoms with E-state index < -0.39 is 5.60 Å². The van der Waals surface area contributed by atoms with Crippen molar-refractivity contribution < 1.29 is 5.11 Å². The van der Waals surface area contributed by atoms with E-state index in [0.717, 1.165) is 30.6 Å². The van der Waals surface area contributed by atoms with Crippen molar-refractivity contribution in [3.8, 4) is 0 Å². The van der Waals surface area contributed by atoms with E-state index in [0.29, 0.717) is 28.1 Å². The van der Waals surface area contributed by atoms with Crippen LogP contribution in [0.3, 0.4) is 0 Å². The third kappa shape index (κ3) is 3.89. The Bertz CT molecular complexity index is 740. The van der Waals surface area contributed by atoms with E-state index >= 15 is 0 Å². The summed E-state index contributed by atoms with van der Waals surface area (Å²) < 4.78 is 0. The van der Waals surface area contributed by atoms with Gasteiger partial charge in [0, 0.05) is 0 Å². The summed E-state index contributed by atoms with van der Waals surface area (Å²) in [6.07, 6.45) is 15.6. The molecule has 0 heterocycles. The average molecular weight is 427 g/mol. The standard InChI is InChI=1S/C30H50O/c1-9-28(6)16-17-29(7)22(19-28)18-21(3)26-24-11-10-23(20(2)12-14-27(4,5)31)30(24,8)15-13-25(26)29/h18,20,23-26,31H,3,9-17,19H2,1-2,4-8H3/t20-,23-,24+,25+,26+,28-,29+,30?/m1/s1. The van der Waals surface area contributed by atoms with Crippen molar-refractivity contribution in [3.63, 3.8) is 0 Å². The molecule has 0 bridgehead atoms. The molecule has 1 nitrogen and oxygen atoms in total. The number of hydrogen-bond donors (Lipinski definition) is 1. The molecule has 4 rings (SSSR count). The second-order valence-corrected chi connectivity index (χ2v) is 13.8. The molecule has 0 aromatic carbocycles. The topological polar surface area (TPSA) is 20.2 Å². The molecule has 0 saturated heterocycles. The summed E-state index contributed by atoms with van der Waals surface area (Å²) >= 11 is 0. The maximum absolute atomic E-state index is 10.3. The summed E-state index contributed by atoms with van der Waals surface area (Å²) in [4.78, 5) is 0. The second-order valence-electron chi connectivity index (χ2n) is 13.8. The summed E-state index contributed by atoms with van der Waals surface area (Å²) in [5.41, 5.74) is 4.04. The molecule has 31 heavy (non-hydrogen) atoms. The summed E-state index contributed by atoms with van der Waals surface area (Å²) in [6, 6.07) is 0.